The SMILES string of the molecule is CCCCCCCC(C)CCCCC(C)O. The molecule has 0 bridgehead atoms. The molecule has 1 N–H and O–H groups in total. The molecule has 0 aromatic heterocycles. The summed E-state index contributed by atoms with van der Waals surface area (Å²) in [4.78, 5) is 0. The average molecular weight is 228 g/mol. The molecule has 0 aliphatic rings. The molecule has 0 saturated heterocycles. The third-order valence-electron chi connectivity index (χ3n) is 3.37. The van der Waals surface area contributed by atoms with Crippen molar-refractivity contribution in [2.45, 2.75) is 91.1 Å². The van der Waals surface area contributed by atoms with Gasteiger partial charge < -0.3 is 5.11 Å². The Balaban J connectivity index is 3.15. The summed E-state index contributed by atoms with van der Waals surface area (Å²) < 4.78 is 0. The summed E-state index contributed by atoms with van der Waals surface area (Å²) >= 11 is 0. The summed E-state index contributed by atoms with van der Waals surface area (Å²) in [7, 11) is 0. The van der Waals surface area contributed by atoms with Crippen LogP contribution in [0.3, 0.4) is 0 Å². The molecular weight excluding hydrogens is 196 g/mol. The first kappa shape index (κ1) is 16.0. The summed E-state index contributed by atoms with van der Waals surface area (Å²) in [6, 6.07) is 0. The highest BCUT2D eigenvalue weighted by Gasteiger charge is 2.02. The van der Waals surface area contributed by atoms with Crippen LogP contribution in [0, 0.1) is 5.92 Å². The molecule has 0 aromatic carbocycles. The maximum atomic E-state index is 9.14. The van der Waals surface area contributed by atoms with Crippen molar-refractivity contribution in [3.8, 4) is 0 Å². The molecule has 1 nitrogen and oxygen atoms in total. The second kappa shape index (κ2) is 11.4. The van der Waals surface area contributed by atoms with Gasteiger partial charge in [-0.2, -0.15) is 0 Å². The van der Waals surface area contributed by atoms with Gasteiger partial charge >= 0.3 is 0 Å². The molecule has 0 heterocycles. The Hall–Kier alpha value is -0.0400. The number of rotatable bonds is 11. The predicted octanol–water partition coefficient (Wildman–Crippen LogP) is 4.92. The molecule has 2 unspecified atom stereocenters. The first-order valence-corrected chi connectivity index (χ1v) is 7.34. The molecular formula is C15H32O. The lowest BCUT2D eigenvalue weighted by molar-refractivity contribution is 0.179. The van der Waals surface area contributed by atoms with Gasteiger partial charge in [-0.15, -0.1) is 0 Å². The largest absolute Gasteiger partial charge is 0.393 e. The third-order valence-corrected chi connectivity index (χ3v) is 3.37. The van der Waals surface area contributed by atoms with E-state index in [9.17, 15) is 0 Å². The first-order chi connectivity index (χ1) is 7.66. The van der Waals surface area contributed by atoms with Crippen LogP contribution in [0.4, 0.5) is 0 Å². The van der Waals surface area contributed by atoms with Crippen LogP contribution >= 0.6 is 0 Å². The van der Waals surface area contributed by atoms with Crippen molar-refractivity contribution >= 4 is 0 Å². The Morgan fingerprint density at radius 1 is 0.750 bits per heavy atom. The Morgan fingerprint density at radius 2 is 1.25 bits per heavy atom. The summed E-state index contributed by atoms with van der Waals surface area (Å²) in [6.45, 7) is 6.53. The van der Waals surface area contributed by atoms with Crippen molar-refractivity contribution in [3.63, 3.8) is 0 Å². The van der Waals surface area contributed by atoms with Gasteiger partial charge in [-0.1, -0.05) is 71.6 Å². The minimum atomic E-state index is -0.107. The Morgan fingerprint density at radius 3 is 1.81 bits per heavy atom. The van der Waals surface area contributed by atoms with E-state index in [1.54, 1.807) is 0 Å². The Bertz CT molecular complexity index is 131. The maximum Gasteiger partial charge on any atom is 0.0512 e. The van der Waals surface area contributed by atoms with Crippen molar-refractivity contribution in [3.05, 3.63) is 0 Å². The second-order valence-corrected chi connectivity index (χ2v) is 5.44. The van der Waals surface area contributed by atoms with Crippen LogP contribution in [-0.2, 0) is 0 Å². The van der Waals surface area contributed by atoms with Gasteiger partial charge in [0.15, 0.2) is 0 Å². The first-order valence-electron chi connectivity index (χ1n) is 7.34. The molecule has 1 heteroatoms. The van der Waals surface area contributed by atoms with E-state index in [0.29, 0.717) is 0 Å². The van der Waals surface area contributed by atoms with Crippen molar-refractivity contribution in [2.75, 3.05) is 0 Å². The quantitative estimate of drug-likeness (QED) is 0.497. The number of aliphatic hydroxyl groups is 1. The molecule has 0 spiro atoms. The highest BCUT2D eigenvalue weighted by molar-refractivity contribution is 4.56. The van der Waals surface area contributed by atoms with E-state index in [4.69, 9.17) is 5.11 Å². The molecule has 0 radical (unpaired) electrons. The topological polar surface area (TPSA) is 20.2 Å². The van der Waals surface area contributed by atoms with Crippen LogP contribution in [0.25, 0.3) is 0 Å². The monoisotopic (exact) mass is 228 g/mol. The smallest absolute Gasteiger partial charge is 0.0512 e. The van der Waals surface area contributed by atoms with E-state index >= 15 is 0 Å². The lowest BCUT2D eigenvalue weighted by atomic mass is 9.96. The average Bonchev–Trinajstić information content (AvgIpc) is 2.24. The fourth-order valence-electron chi connectivity index (χ4n) is 2.17. The minimum Gasteiger partial charge on any atom is -0.393 e. The minimum absolute atomic E-state index is 0.107. The lowest BCUT2D eigenvalue weighted by Gasteiger charge is -2.11. The Labute approximate surface area is 103 Å². The van der Waals surface area contributed by atoms with Gasteiger partial charge in [0.2, 0.25) is 0 Å². The van der Waals surface area contributed by atoms with E-state index in [2.05, 4.69) is 13.8 Å². The number of unbranched alkanes of at least 4 members (excludes halogenated alkanes) is 5. The summed E-state index contributed by atoms with van der Waals surface area (Å²) in [5, 5.41) is 9.14. The van der Waals surface area contributed by atoms with Crippen molar-refractivity contribution in [1.29, 1.82) is 0 Å². The van der Waals surface area contributed by atoms with Gasteiger partial charge in [-0.25, -0.2) is 0 Å². The number of hydrogen-bond acceptors (Lipinski definition) is 1. The van der Waals surface area contributed by atoms with Crippen LogP contribution in [0.2, 0.25) is 0 Å². The molecule has 0 amide bonds. The van der Waals surface area contributed by atoms with E-state index < -0.39 is 0 Å². The van der Waals surface area contributed by atoms with E-state index in [-0.39, 0.29) is 6.10 Å². The summed E-state index contributed by atoms with van der Waals surface area (Å²) in [5.74, 6) is 0.885. The molecule has 0 aliphatic heterocycles. The van der Waals surface area contributed by atoms with Gasteiger partial charge in [0.25, 0.3) is 0 Å². The van der Waals surface area contributed by atoms with Gasteiger partial charge in [-0.3, -0.25) is 0 Å². The van der Waals surface area contributed by atoms with Crippen LogP contribution in [-0.4, -0.2) is 11.2 Å². The van der Waals surface area contributed by atoms with Crippen LogP contribution in [0.15, 0.2) is 0 Å². The van der Waals surface area contributed by atoms with Crippen LogP contribution < -0.4 is 0 Å². The summed E-state index contributed by atoms with van der Waals surface area (Å²) in [6.07, 6.45) is 13.1. The zero-order chi connectivity index (χ0) is 12.2. The van der Waals surface area contributed by atoms with Crippen molar-refractivity contribution in [1.82, 2.24) is 0 Å². The van der Waals surface area contributed by atoms with Crippen molar-refractivity contribution < 1.29 is 5.11 Å². The van der Waals surface area contributed by atoms with Gasteiger partial charge in [0, 0.05) is 0 Å². The normalized spacial score (nSPS) is 15.0. The standard InChI is InChI=1S/C15H32O/c1-4-5-6-7-8-11-14(2)12-9-10-13-15(3)16/h14-16H,4-13H2,1-3H3. The maximum absolute atomic E-state index is 9.14. The highest BCUT2D eigenvalue weighted by atomic mass is 16.3. The van der Waals surface area contributed by atoms with Crippen LogP contribution in [0.5, 0.6) is 0 Å². The zero-order valence-electron chi connectivity index (χ0n) is 11.7. The van der Waals surface area contributed by atoms with E-state index in [1.165, 1.54) is 57.8 Å². The van der Waals surface area contributed by atoms with Gasteiger partial charge in [-0.05, 0) is 19.3 Å². The molecule has 0 saturated carbocycles. The third kappa shape index (κ3) is 12.0. The van der Waals surface area contributed by atoms with Gasteiger partial charge in [0.1, 0.15) is 0 Å². The number of aliphatic hydroxyl groups excluding tert-OH is 1. The fraction of sp³-hybridized carbons (Fsp3) is 1.00. The molecule has 0 fully saturated rings. The molecule has 16 heavy (non-hydrogen) atoms. The zero-order valence-corrected chi connectivity index (χ0v) is 11.7. The van der Waals surface area contributed by atoms with E-state index in [1.807, 2.05) is 6.92 Å². The Kier molecular flexibility index (Phi) is 11.4. The lowest BCUT2D eigenvalue weighted by Crippen LogP contribution is -2.00. The summed E-state index contributed by atoms with van der Waals surface area (Å²) in [5.41, 5.74) is 0. The number of hydrogen-bond donors (Lipinski definition) is 1. The fourth-order valence-corrected chi connectivity index (χ4v) is 2.17. The van der Waals surface area contributed by atoms with E-state index in [0.717, 1.165) is 12.3 Å². The molecule has 98 valence electrons. The molecule has 2 atom stereocenters. The highest BCUT2D eigenvalue weighted by Crippen LogP contribution is 2.17. The predicted molar refractivity (Wildman–Crippen MR) is 72.7 cm³/mol. The molecule has 0 aliphatic carbocycles. The van der Waals surface area contributed by atoms with Crippen molar-refractivity contribution in [2.24, 2.45) is 5.92 Å². The van der Waals surface area contributed by atoms with Gasteiger partial charge in [0.05, 0.1) is 6.10 Å². The van der Waals surface area contributed by atoms with Crippen LogP contribution in [0.1, 0.15) is 85.0 Å². The molecule has 0 rings (SSSR count). The molecule has 0 aromatic rings. The second-order valence-electron chi connectivity index (χ2n) is 5.44.